The lowest BCUT2D eigenvalue weighted by atomic mass is 9.86. The summed E-state index contributed by atoms with van der Waals surface area (Å²) < 4.78 is 46.1. The quantitative estimate of drug-likeness (QED) is 0.707. The second kappa shape index (κ2) is 6.24. The number of piperidine rings is 1. The number of alkyl halides is 3. The van der Waals surface area contributed by atoms with E-state index in [-0.39, 0.29) is 25.9 Å². The molecule has 2 aliphatic rings. The van der Waals surface area contributed by atoms with Crippen molar-refractivity contribution in [2.24, 2.45) is 0 Å². The summed E-state index contributed by atoms with van der Waals surface area (Å²) in [4.78, 5) is 12.3. The van der Waals surface area contributed by atoms with E-state index in [1.54, 1.807) is 29.7 Å². The molecule has 1 aromatic heterocycles. The Morgan fingerprint density at radius 2 is 1.92 bits per heavy atom. The van der Waals surface area contributed by atoms with Crippen molar-refractivity contribution in [2.45, 2.75) is 38.5 Å². The Morgan fingerprint density at radius 3 is 2.42 bits per heavy atom. The standard InChI is InChI=1S/C18H18F3N3O2/c1-3-13-14(4-2)26-17(15-6-5-12(11-22)24(13)15)7-9-23(10-8-17)16(25)18(19,20)21/h3-6H,7-10H2,1-2H3. The minimum atomic E-state index is -4.88. The minimum Gasteiger partial charge on any atom is -0.479 e. The first-order chi connectivity index (χ1) is 12.3. The molecule has 1 spiro atoms. The lowest BCUT2D eigenvalue weighted by molar-refractivity contribution is -0.189. The maximum Gasteiger partial charge on any atom is 0.471 e. The van der Waals surface area contributed by atoms with Crippen LogP contribution >= 0.6 is 0 Å². The number of rotatable bonds is 0. The van der Waals surface area contributed by atoms with E-state index in [2.05, 4.69) is 6.07 Å². The fraction of sp³-hybridized carbons (Fsp3) is 0.444. The third-order valence-corrected chi connectivity index (χ3v) is 4.90. The van der Waals surface area contributed by atoms with Crippen molar-refractivity contribution in [3.8, 4) is 6.07 Å². The largest absolute Gasteiger partial charge is 0.479 e. The summed E-state index contributed by atoms with van der Waals surface area (Å²) in [5.41, 5.74) is 1.03. The van der Waals surface area contributed by atoms with Crippen LogP contribution in [-0.4, -0.2) is 34.6 Å². The van der Waals surface area contributed by atoms with E-state index >= 15 is 0 Å². The summed E-state index contributed by atoms with van der Waals surface area (Å²) in [5.74, 6) is -1.25. The molecule has 1 fully saturated rings. The molecule has 5 nitrogen and oxygen atoms in total. The molecule has 0 unspecified atom stereocenters. The molecule has 0 atom stereocenters. The molecule has 0 aromatic carbocycles. The monoisotopic (exact) mass is 365 g/mol. The molecule has 138 valence electrons. The first-order valence-corrected chi connectivity index (χ1v) is 8.28. The average Bonchev–Trinajstić information content (AvgIpc) is 3.06. The topological polar surface area (TPSA) is 58.3 Å². The number of allylic oxidation sites excluding steroid dienone is 3. The van der Waals surface area contributed by atoms with Crippen molar-refractivity contribution in [1.82, 2.24) is 9.47 Å². The van der Waals surface area contributed by atoms with Gasteiger partial charge in [-0.25, -0.2) is 0 Å². The molecule has 1 amide bonds. The zero-order valence-electron chi connectivity index (χ0n) is 14.4. The lowest BCUT2D eigenvalue weighted by Gasteiger charge is -2.46. The van der Waals surface area contributed by atoms with Gasteiger partial charge >= 0.3 is 12.1 Å². The first kappa shape index (κ1) is 18.1. The van der Waals surface area contributed by atoms with Crippen LogP contribution in [0.25, 0.3) is 5.70 Å². The Balaban J connectivity index is 1.99. The molecular formula is C18H18F3N3O2. The predicted octanol–water partition coefficient (Wildman–Crippen LogP) is 3.53. The number of halogens is 3. The lowest BCUT2D eigenvalue weighted by Crippen LogP contribution is -2.51. The van der Waals surface area contributed by atoms with E-state index in [1.165, 1.54) is 0 Å². The fourth-order valence-electron chi connectivity index (χ4n) is 3.65. The van der Waals surface area contributed by atoms with Gasteiger partial charge in [-0.1, -0.05) is 6.08 Å². The number of aromatic nitrogens is 1. The van der Waals surface area contributed by atoms with Crippen LogP contribution in [0.15, 0.2) is 30.0 Å². The van der Waals surface area contributed by atoms with Crippen molar-refractivity contribution < 1.29 is 22.7 Å². The van der Waals surface area contributed by atoms with Gasteiger partial charge in [0.15, 0.2) is 5.60 Å². The molecule has 0 bridgehead atoms. The second-order valence-electron chi connectivity index (χ2n) is 6.26. The molecule has 1 aromatic rings. The molecule has 26 heavy (non-hydrogen) atoms. The summed E-state index contributed by atoms with van der Waals surface area (Å²) in [6, 6.07) is 5.59. The normalized spacial score (nSPS) is 22.2. The molecule has 0 radical (unpaired) electrons. The van der Waals surface area contributed by atoms with Gasteiger partial charge in [-0.3, -0.25) is 9.36 Å². The number of carbonyl (C=O) groups is 1. The summed E-state index contributed by atoms with van der Waals surface area (Å²) in [7, 11) is 0. The molecule has 1 saturated heterocycles. The van der Waals surface area contributed by atoms with E-state index in [9.17, 15) is 23.2 Å². The number of ether oxygens (including phenoxy) is 1. The smallest absolute Gasteiger partial charge is 0.471 e. The van der Waals surface area contributed by atoms with Crippen molar-refractivity contribution in [3.63, 3.8) is 0 Å². The van der Waals surface area contributed by atoms with E-state index in [0.29, 0.717) is 11.5 Å². The summed E-state index contributed by atoms with van der Waals surface area (Å²) in [6.07, 6.45) is -0.835. The average molecular weight is 365 g/mol. The Hall–Kier alpha value is -2.69. The van der Waals surface area contributed by atoms with Gasteiger partial charge < -0.3 is 9.64 Å². The minimum absolute atomic E-state index is 0.0619. The third kappa shape index (κ3) is 2.68. The zero-order valence-corrected chi connectivity index (χ0v) is 14.4. The van der Waals surface area contributed by atoms with Gasteiger partial charge in [0, 0.05) is 25.9 Å². The highest BCUT2D eigenvalue weighted by Gasteiger charge is 2.49. The molecule has 0 N–H and O–H groups in total. The number of amides is 1. The Morgan fingerprint density at radius 1 is 1.27 bits per heavy atom. The molecule has 3 rings (SSSR count). The summed E-state index contributed by atoms with van der Waals surface area (Å²) >= 11 is 0. The van der Waals surface area contributed by atoms with E-state index in [4.69, 9.17) is 4.74 Å². The van der Waals surface area contributed by atoms with Gasteiger partial charge in [0.05, 0.1) is 11.4 Å². The predicted molar refractivity (Wildman–Crippen MR) is 87.5 cm³/mol. The van der Waals surface area contributed by atoms with Gasteiger partial charge in [0.2, 0.25) is 0 Å². The number of nitrogens with zero attached hydrogens (tertiary/aromatic N) is 3. The number of carbonyl (C=O) groups excluding carboxylic acids is 1. The molecule has 3 heterocycles. The van der Waals surface area contributed by atoms with Gasteiger partial charge in [-0.2, -0.15) is 18.4 Å². The van der Waals surface area contributed by atoms with Crippen LogP contribution in [0.2, 0.25) is 0 Å². The van der Waals surface area contributed by atoms with Gasteiger partial charge in [-0.05, 0) is 32.1 Å². The molecule has 2 aliphatic heterocycles. The molecule has 0 aliphatic carbocycles. The maximum atomic E-state index is 12.7. The van der Waals surface area contributed by atoms with Crippen LogP contribution in [0.1, 0.15) is 38.1 Å². The van der Waals surface area contributed by atoms with Crippen molar-refractivity contribution in [2.75, 3.05) is 13.1 Å². The van der Waals surface area contributed by atoms with E-state index in [0.717, 1.165) is 16.3 Å². The molecule has 8 heteroatoms. The number of nitriles is 1. The number of hydrogen-bond donors (Lipinski definition) is 0. The summed E-state index contributed by atoms with van der Waals surface area (Å²) in [5, 5.41) is 9.41. The van der Waals surface area contributed by atoms with Crippen LogP contribution in [0.4, 0.5) is 13.2 Å². The highest BCUT2D eigenvalue weighted by Crippen LogP contribution is 2.46. The van der Waals surface area contributed by atoms with Crippen molar-refractivity contribution >= 4 is 11.6 Å². The van der Waals surface area contributed by atoms with Crippen LogP contribution in [-0.2, 0) is 15.1 Å². The van der Waals surface area contributed by atoms with Crippen LogP contribution < -0.4 is 0 Å². The maximum absolute atomic E-state index is 12.7. The number of likely N-dealkylation sites (tertiary alicyclic amines) is 1. The van der Waals surface area contributed by atoms with E-state index in [1.807, 2.05) is 13.0 Å². The van der Waals surface area contributed by atoms with Crippen LogP contribution in [0, 0.1) is 11.3 Å². The highest BCUT2D eigenvalue weighted by atomic mass is 19.4. The SMILES string of the molecule is CC=C1OC2(CCN(C(=O)C(F)(F)F)CC2)c2ccc(C#N)n2C1=CC. The summed E-state index contributed by atoms with van der Waals surface area (Å²) in [6.45, 7) is 3.51. The second-order valence-corrected chi connectivity index (χ2v) is 6.26. The zero-order chi connectivity index (χ0) is 19.1. The van der Waals surface area contributed by atoms with Crippen molar-refractivity contribution in [3.05, 3.63) is 41.4 Å². The van der Waals surface area contributed by atoms with Crippen LogP contribution in [0.5, 0.6) is 0 Å². The number of fused-ring (bicyclic) bond motifs is 2. The third-order valence-electron chi connectivity index (χ3n) is 4.90. The van der Waals surface area contributed by atoms with Gasteiger partial charge in [0.25, 0.3) is 0 Å². The first-order valence-electron chi connectivity index (χ1n) is 8.28. The molecular weight excluding hydrogens is 347 g/mol. The number of hydrogen-bond acceptors (Lipinski definition) is 3. The van der Waals surface area contributed by atoms with E-state index < -0.39 is 17.7 Å². The highest BCUT2D eigenvalue weighted by molar-refractivity contribution is 5.82. The van der Waals surface area contributed by atoms with Gasteiger partial charge in [0.1, 0.15) is 17.5 Å². The Labute approximate surface area is 148 Å². The fourth-order valence-corrected chi connectivity index (χ4v) is 3.65. The van der Waals surface area contributed by atoms with Crippen LogP contribution in [0.3, 0.4) is 0 Å². The van der Waals surface area contributed by atoms with Crippen molar-refractivity contribution in [1.29, 1.82) is 5.26 Å². The van der Waals surface area contributed by atoms with Gasteiger partial charge in [-0.15, -0.1) is 0 Å². The Bertz CT molecular complexity index is 835. The Kier molecular flexibility index (Phi) is 4.34. The molecule has 0 saturated carbocycles.